The molecule has 1 heterocycles. The molecular formula is C19H28Cl4N3O2Sb. The molecule has 1 aromatic carbocycles. The van der Waals surface area contributed by atoms with Crippen LogP contribution in [0.4, 0.5) is 11.4 Å². The summed E-state index contributed by atoms with van der Waals surface area (Å²) in [6.07, 6.45) is 5.90. The summed E-state index contributed by atoms with van der Waals surface area (Å²) in [6.45, 7) is 9.08. The summed E-state index contributed by atoms with van der Waals surface area (Å²) in [5, 5.41) is 16.2. The molecule has 0 saturated heterocycles. The second-order valence-electron chi connectivity index (χ2n) is 8.48. The monoisotopic (exact) mass is 591 g/mol. The number of nitro groups is 1. The molecule has 0 aromatic heterocycles. The van der Waals surface area contributed by atoms with Gasteiger partial charge in [-0.25, -0.2) is 0 Å². The molecule has 0 atom stereocenters. The molecule has 10 heteroatoms. The van der Waals surface area contributed by atoms with E-state index in [9.17, 15) is 10.1 Å². The maximum absolute atomic E-state index is 10.9. The second-order valence-corrected chi connectivity index (χ2v) is 31.2. The summed E-state index contributed by atoms with van der Waals surface area (Å²) < 4.78 is 2.23. The number of hydrogen-bond donors (Lipinski definition) is 0. The van der Waals surface area contributed by atoms with E-state index < -0.39 is 14.2 Å². The van der Waals surface area contributed by atoms with Gasteiger partial charge in [-0.2, -0.15) is 0 Å². The molecule has 3 rings (SSSR count). The molecule has 0 unspecified atom stereocenters. The summed E-state index contributed by atoms with van der Waals surface area (Å²) in [6, 6.07) is 6.91. The molecule has 1 saturated carbocycles. The summed E-state index contributed by atoms with van der Waals surface area (Å²) in [4.78, 5) is 10.6. The van der Waals surface area contributed by atoms with Crippen molar-refractivity contribution in [1.29, 1.82) is 0 Å². The third-order valence-corrected chi connectivity index (χ3v) is 6.19. The Bertz CT molecular complexity index is 744. The van der Waals surface area contributed by atoms with Gasteiger partial charge < -0.3 is 0 Å². The van der Waals surface area contributed by atoms with Gasteiger partial charge in [0.25, 0.3) is 5.69 Å². The molecule has 0 amide bonds. The molecule has 0 N–H and O–H groups in total. The van der Waals surface area contributed by atoms with Crippen LogP contribution in [0.15, 0.2) is 29.4 Å². The van der Waals surface area contributed by atoms with E-state index in [1.165, 1.54) is 12.8 Å². The van der Waals surface area contributed by atoms with Gasteiger partial charge in [-0.05, 0) is 29.8 Å². The van der Waals surface area contributed by atoms with Crippen LogP contribution in [0.5, 0.6) is 0 Å². The summed E-state index contributed by atoms with van der Waals surface area (Å²) in [7, 11) is 20.1. The predicted octanol–water partition coefficient (Wildman–Crippen LogP) is 7.84. The van der Waals surface area contributed by atoms with Crippen molar-refractivity contribution in [1.82, 2.24) is 0 Å². The van der Waals surface area contributed by atoms with Gasteiger partial charge in [0.1, 0.15) is 5.54 Å². The van der Waals surface area contributed by atoms with E-state index in [4.69, 9.17) is 40.4 Å². The van der Waals surface area contributed by atoms with Crippen LogP contribution in [0.25, 0.3) is 0 Å². The number of halogens is 4. The summed E-state index contributed by atoms with van der Waals surface area (Å²) in [5.41, 5.74) is 1.17. The molecule has 1 aliphatic heterocycles. The zero-order valence-corrected chi connectivity index (χ0v) is 22.7. The molecule has 1 spiro atoms. The zero-order valence-electron chi connectivity index (χ0n) is 17.1. The third-order valence-electron chi connectivity index (χ3n) is 6.19. The Hall–Kier alpha value is 0.198. The van der Waals surface area contributed by atoms with Crippen molar-refractivity contribution >= 4 is 60.9 Å². The van der Waals surface area contributed by atoms with E-state index in [0.717, 1.165) is 24.9 Å². The molecule has 2 aliphatic rings. The number of non-ortho nitro benzene ring substituents is 1. The summed E-state index contributed by atoms with van der Waals surface area (Å²) in [5.74, 6) is 0.941. The van der Waals surface area contributed by atoms with Crippen LogP contribution in [-0.2, 0) is 0 Å². The van der Waals surface area contributed by atoms with Crippen LogP contribution < -0.4 is 0 Å². The van der Waals surface area contributed by atoms with E-state index in [1.54, 1.807) is 12.1 Å². The van der Waals surface area contributed by atoms with Gasteiger partial charge in [0.05, 0.1) is 4.92 Å². The molecule has 1 aromatic rings. The first-order valence-corrected chi connectivity index (χ1v) is 22.7. The Morgan fingerprint density at radius 2 is 1.48 bits per heavy atom. The third kappa shape index (κ3) is 6.13. The Morgan fingerprint density at radius 1 is 1.03 bits per heavy atom. The molecule has 0 radical (unpaired) electrons. The topological polar surface area (TPSA) is 58.5 Å². The molecule has 1 fully saturated rings. The van der Waals surface area contributed by atoms with Crippen LogP contribution >= 0.6 is 35.3 Å². The minimum absolute atomic E-state index is 0.0495. The van der Waals surface area contributed by atoms with E-state index in [2.05, 4.69) is 32.4 Å². The average Bonchev–Trinajstić information content (AvgIpc) is 3.20. The minimum atomic E-state index is -3.21. The zero-order chi connectivity index (χ0) is 22.0. The molecule has 1 aliphatic carbocycles. The number of benzene rings is 1. The maximum atomic E-state index is 10.9. The summed E-state index contributed by atoms with van der Waals surface area (Å²) >= 11 is -3.21. The van der Waals surface area contributed by atoms with Gasteiger partial charge in [0.15, 0.2) is 5.54 Å². The second kappa shape index (κ2) is 9.77. The fourth-order valence-electron chi connectivity index (χ4n) is 4.70. The standard InChI is InChI=1S/C19H28N3O2.4ClH.Sb/c1-14(2)19(15(3)4)13-18(11-5-6-12-18)21(20-19)16-7-9-17(10-8-16)22(23)24;;;;;/h7-10,14-15H,5-6,11-13H2,1-4H3;4*1H;/q+1;;;;;+3/p-4. The van der Waals surface area contributed by atoms with Crippen LogP contribution in [-0.4, -0.2) is 34.9 Å². The number of nitro benzene ring substituents is 1. The van der Waals surface area contributed by atoms with Gasteiger partial charge in [-0.1, -0.05) is 32.4 Å². The Kier molecular flexibility index (Phi) is 8.58. The van der Waals surface area contributed by atoms with Gasteiger partial charge in [-0.3, -0.25) is 10.1 Å². The van der Waals surface area contributed by atoms with Crippen molar-refractivity contribution < 1.29 is 9.62 Å². The first-order chi connectivity index (χ1) is 13.3. The van der Waals surface area contributed by atoms with E-state index in [1.807, 2.05) is 12.1 Å². The Morgan fingerprint density at radius 3 is 1.86 bits per heavy atom. The van der Waals surface area contributed by atoms with E-state index >= 15 is 0 Å². The Labute approximate surface area is 191 Å². The number of rotatable bonds is 4. The quantitative estimate of drug-likeness (QED) is 0.155. The number of azo groups is 2. The van der Waals surface area contributed by atoms with Crippen molar-refractivity contribution in [2.45, 2.75) is 70.9 Å². The fourth-order valence-corrected chi connectivity index (χ4v) is 4.70. The van der Waals surface area contributed by atoms with E-state index in [0.29, 0.717) is 11.8 Å². The van der Waals surface area contributed by atoms with Crippen molar-refractivity contribution in [2.24, 2.45) is 17.0 Å². The van der Waals surface area contributed by atoms with Gasteiger partial charge in [0.2, 0.25) is 5.69 Å². The van der Waals surface area contributed by atoms with Crippen LogP contribution in [0, 0.1) is 22.0 Å². The van der Waals surface area contributed by atoms with Gasteiger partial charge in [-0.15, -0.1) is 0 Å². The average molecular weight is 594 g/mol. The van der Waals surface area contributed by atoms with Crippen molar-refractivity contribution in [3.63, 3.8) is 0 Å². The van der Waals surface area contributed by atoms with Gasteiger partial charge in [0, 0.05) is 43.5 Å². The van der Waals surface area contributed by atoms with Gasteiger partial charge >= 0.3 is 49.6 Å². The van der Waals surface area contributed by atoms with Crippen LogP contribution in [0.3, 0.4) is 0 Å². The molecule has 5 nitrogen and oxygen atoms in total. The van der Waals surface area contributed by atoms with E-state index in [-0.39, 0.29) is 21.7 Å². The van der Waals surface area contributed by atoms with Crippen LogP contribution in [0.2, 0.25) is 0 Å². The normalized spacial score (nSPS) is 20.6. The first-order valence-electron chi connectivity index (χ1n) is 9.76. The first kappa shape index (κ1) is 25.5. The van der Waals surface area contributed by atoms with Crippen LogP contribution in [0.1, 0.15) is 59.8 Å². The number of nitrogens with zero attached hydrogens (tertiary/aromatic N) is 3. The van der Waals surface area contributed by atoms with Crippen molar-refractivity contribution in [3.05, 3.63) is 34.4 Å². The SMILES string of the molecule is CC(C)C1(C(C)C)CC2(CCCC2)[N+](c2ccc([N+](=O)[O-])cc2)=N1.[Cl][Sb-]([Cl])([Cl])[Cl]. The molecule has 0 bridgehead atoms. The Balaban J connectivity index is 0.000000537. The molecule has 29 heavy (non-hydrogen) atoms. The predicted molar refractivity (Wildman–Crippen MR) is 123 cm³/mol. The molecular weight excluding hydrogens is 566 g/mol. The number of hydrogen-bond acceptors (Lipinski definition) is 3. The van der Waals surface area contributed by atoms with Crippen molar-refractivity contribution in [2.75, 3.05) is 0 Å². The molecule has 164 valence electrons. The van der Waals surface area contributed by atoms with Crippen molar-refractivity contribution in [3.8, 4) is 0 Å². The fraction of sp³-hybridized carbons (Fsp3) is 0.684.